The molecule has 1 aromatic heterocycles. The van der Waals surface area contributed by atoms with Crippen molar-refractivity contribution in [3.8, 4) is 11.3 Å². The summed E-state index contributed by atoms with van der Waals surface area (Å²) in [6, 6.07) is 10.1. The molecule has 0 amide bonds. The van der Waals surface area contributed by atoms with E-state index < -0.39 is 0 Å². The van der Waals surface area contributed by atoms with Gasteiger partial charge in [0.15, 0.2) is 0 Å². The molecule has 5 heteroatoms. The monoisotopic (exact) mass is 285 g/mol. The Morgan fingerprint density at radius 2 is 1.76 bits per heavy atom. The summed E-state index contributed by atoms with van der Waals surface area (Å²) < 4.78 is 0. The van der Waals surface area contributed by atoms with Gasteiger partial charge in [0.25, 0.3) is 0 Å². The molecule has 0 atom stereocenters. The fourth-order valence-corrected chi connectivity index (χ4v) is 2.19. The summed E-state index contributed by atoms with van der Waals surface area (Å²) in [5.74, 6) is 1.18. The van der Waals surface area contributed by atoms with Gasteiger partial charge in [-0.25, -0.2) is 4.98 Å². The van der Waals surface area contributed by atoms with E-state index >= 15 is 0 Å². The number of rotatable bonds is 5. The van der Waals surface area contributed by atoms with Crippen molar-refractivity contribution >= 4 is 17.5 Å². The topological polar surface area (TPSA) is 58.3 Å². The van der Waals surface area contributed by atoms with Crippen LogP contribution in [0.1, 0.15) is 13.8 Å². The Bertz CT molecular complexity index is 605. The van der Waals surface area contributed by atoms with Crippen LogP contribution in [-0.2, 0) is 0 Å². The van der Waals surface area contributed by atoms with E-state index in [4.69, 9.17) is 5.73 Å². The molecular weight excluding hydrogens is 262 g/mol. The minimum Gasteiger partial charge on any atom is -0.384 e. The van der Waals surface area contributed by atoms with Crippen molar-refractivity contribution in [2.24, 2.45) is 0 Å². The molecule has 0 unspecified atom stereocenters. The summed E-state index contributed by atoms with van der Waals surface area (Å²) in [5.41, 5.74) is 8.99. The van der Waals surface area contributed by atoms with E-state index in [2.05, 4.69) is 45.7 Å². The van der Waals surface area contributed by atoms with Crippen LogP contribution in [-0.4, -0.2) is 37.2 Å². The molecule has 0 aliphatic heterocycles. The molecule has 112 valence electrons. The predicted octanol–water partition coefficient (Wildman–Crippen LogP) is 2.64. The van der Waals surface area contributed by atoms with Gasteiger partial charge in [0, 0.05) is 44.5 Å². The van der Waals surface area contributed by atoms with Gasteiger partial charge in [0.05, 0.1) is 5.69 Å². The first-order valence-electron chi connectivity index (χ1n) is 7.22. The molecule has 0 fully saturated rings. The van der Waals surface area contributed by atoms with Gasteiger partial charge < -0.3 is 15.5 Å². The molecule has 21 heavy (non-hydrogen) atoms. The van der Waals surface area contributed by atoms with Crippen molar-refractivity contribution in [1.29, 1.82) is 0 Å². The largest absolute Gasteiger partial charge is 0.384 e. The molecule has 0 bridgehead atoms. The zero-order valence-electron chi connectivity index (χ0n) is 13.2. The summed E-state index contributed by atoms with van der Waals surface area (Å²) in [5, 5.41) is 0. The van der Waals surface area contributed by atoms with E-state index in [1.807, 2.05) is 32.3 Å². The lowest BCUT2D eigenvalue weighted by Crippen LogP contribution is -2.24. The van der Waals surface area contributed by atoms with Gasteiger partial charge in [-0.05, 0) is 26.0 Å². The van der Waals surface area contributed by atoms with Gasteiger partial charge in [0.2, 0.25) is 5.95 Å². The maximum Gasteiger partial charge on any atom is 0.227 e. The van der Waals surface area contributed by atoms with Gasteiger partial charge in [-0.2, -0.15) is 4.98 Å². The van der Waals surface area contributed by atoms with Crippen LogP contribution < -0.4 is 15.5 Å². The second kappa shape index (κ2) is 6.43. The average Bonchev–Trinajstić information content (AvgIpc) is 2.48. The lowest BCUT2D eigenvalue weighted by molar-refractivity contribution is 0.824. The maximum atomic E-state index is 5.95. The van der Waals surface area contributed by atoms with Crippen LogP contribution in [0.4, 0.5) is 17.5 Å². The molecule has 0 saturated carbocycles. The molecule has 0 spiro atoms. The molecule has 0 saturated heterocycles. The number of benzene rings is 1. The van der Waals surface area contributed by atoms with Crippen molar-refractivity contribution in [3.05, 3.63) is 30.3 Å². The molecule has 2 rings (SSSR count). The van der Waals surface area contributed by atoms with Crippen LogP contribution in [0.3, 0.4) is 0 Å². The Balaban J connectivity index is 2.46. The summed E-state index contributed by atoms with van der Waals surface area (Å²) in [6.07, 6.45) is 0. The maximum absolute atomic E-state index is 5.95. The van der Waals surface area contributed by atoms with Crippen LogP contribution in [0.2, 0.25) is 0 Å². The highest BCUT2D eigenvalue weighted by molar-refractivity contribution is 5.68. The molecule has 1 aromatic carbocycles. The number of nitrogens with zero attached hydrogens (tertiary/aromatic N) is 4. The van der Waals surface area contributed by atoms with Gasteiger partial charge >= 0.3 is 0 Å². The number of hydrogen-bond acceptors (Lipinski definition) is 5. The number of aromatic nitrogens is 2. The average molecular weight is 285 g/mol. The normalized spacial score (nSPS) is 10.5. The Hall–Kier alpha value is -2.30. The first-order chi connectivity index (χ1) is 10.0. The third kappa shape index (κ3) is 3.42. The summed E-state index contributed by atoms with van der Waals surface area (Å²) in [6.45, 7) is 5.89. The van der Waals surface area contributed by atoms with Crippen molar-refractivity contribution in [2.75, 3.05) is 42.7 Å². The lowest BCUT2D eigenvalue weighted by atomic mass is 10.1. The van der Waals surface area contributed by atoms with Crippen molar-refractivity contribution in [3.63, 3.8) is 0 Å². The highest BCUT2D eigenvalue weighted by Crippen LogP contribution is 2.25. The quantitative estimate of drug-likeness (QED) is 0.915. The second-order valence-corrected chi connectivity index (χ2v) is 5.10. The Morgan fingerprint density at radius 3 is 2.38 bits per heavy atom. The van der Waals surface area contributed by atoms with Gasteiger partial charge in [-0.1, -0.05) is 12.1 Å². The third-order valence-corrected chi connectivity index (χ3v) is 3.44. The number of anilines is 3. The van der Waals surface area contributed by atoms with Crippen molar-refractivity contribution < 1.29 is 0 Å². The summed E-state index contributed by atoms with van der Waals surface area (Å²) in [4.78, 5) is 13.2. The number of nitrogen functional groups attached to an aromatic ring is 1. The first-order valence-corrected chi connectivity index (χ1v) is 7.22. The van der Waals surface area contributed by atoms with Crippen LogP contribution in [0.15, 0.2) is 30.3 Å². The molecule has 5 nitrogen and oxygen atoms in total. The van der Waals surface area contributed by atoms with Crippen LogP contribution in [0.5, 0.6) is 0 Å². The Labute approximate surface area is 126 Å². The Morgan fingerprint density at radius 1 is 1.05 bits per heavy atom. The molecule has 0 radical (unpaired) electrons. The molecule has 2 aromatic rings. The minimum atomic E-state index is 0.497. The van der Waals surface area contributed by atoms with E-state index in [0.29, 0.717) is 11.8 Å². The van der Waals surface area contributed by atoms with Crippen LogP contribution >= 0.6 is 0 Å². The summed E-state index contributed by atoms with van der Waals surface area (Å²) in [7, 11) is 4.05. The van der Waals surface area contributed by atoms with E-state index in [-0.39, 0.29) is 0 Å². The lowest BCUT2D eigenvalue weighted by Gasteiger charge is -2.19. The fourth-order valence-electron chi connectivity index (χ4n) is 2.19. The van der Waals surface area contributed by atoms with Crippen LogP contribution in [0, 0.1) is 0 Å². The van der Waals surface area contributed by atoms with E-state index in [1.54, 1.807) is 0 Å². The van der Waals surface area contributed by atoms with Crippen LogP contribution in [0.25, 0.3) is 11.3 Å². The van der Waals surface area contributed by atoms with E-state index in [0.717, 1.165) is 30.0 Å². The SMILES string of the molecule is CCN(CC)c1nc(N)cc(-c2cccc(N(C)C)c2)n1. The number of hydrogen-bond donors (Lipinski definition) is 1. The fraction of sp³-hybridized carbons (Fsp3) is 0.375. The predicted molar refractivity (Wildman–Crippen MR) is 89.8 cm³/mol. The summed E-state index contributed by atoms with van der Waals surface area (Å²) >= 11 is 0. The first kappa shape index (κ1) is 15.1. The molecule has 2 N–H and O–H groups in total. The molecule has 0 aliphatic carbocycles. The second-order valence-electron chi connectivity index (χ2n) is 5.10. The molecule has 1 heterocycles. The van der Waals surface area contributed by atoms with E-state index in [9.17, 15) is 0 Å². The van der Waals surface area contributed by atoms with Gasteiger partial charge in [-0.15, -0.1) is 0 Å². The highest BCUT2D eigenvalue weighted by Gasteiger charge is 2.10. The minimum absolute atomic E-state index is 0.497. The van der Waals surface area contributed by atoms with Gasteiger partial charge in [-0.3, -0.25) is 0 Å². The smallest absolute Gasteiger partial charge is 0.227 e. The third-order valence-electron chi connectivity index (χ3n) is 3.44. The molecular formula is C16H23N5. The zero-order valence-corrected chi connectivity index (χ0v) is 13.2. The van der Waals surface area contributed by atoms with Crippen molar-refractivity contribution in [1.82, 2.24) is 9.97 Å². The van der Waals surface area contributed by atoms with Crippen molar-refractivity contribution in [2.45, 2.75) is 13.8 Å². The highest BCUT2D eigenvalue weighted by atomic mass is 15.2. The number of nitrogens with two attached hydrogens (primary N) is 1. The zero-order chi connectivity index (χ0) is 15.4. The molecule has 0 aliphatic rings. The standard InChI is InChI=1S/C16H23N5/c1-5-21(6-2)16-18-14(11-15(17)19-16)12-8-7-9-13(10-12)20(3)4/h7-11H,5-6H2,1-4H3,(H2,17,18,19). The van der Waals surface area contributed by atoms with E-state index in [1.165, 1.54) is 0 Å². The Kier molecular flexibility index (Phi) is 4.62. The van der Waals surface area contributed by atoms with Gasteiger partial charge in [0.1, 0.15) is 5.82 Å².